The van der Waals surface area contributed by atoms with Crippen molar-refractivity contribution in [2.45, 2.75) is 31.2 Å². The summed E-state index contributed by atoms with van der Waals surface area (Å²) in [4.78, 5) is 31.1. The van der Waals surface area contributed by atoms with Gasteiger partial charge in [0.1, 0.15) is 0 Å². The fourth-order valence-corrected chi connectivity index (χ4v) is 4.65. The third-order valence-corrected chi connectivity index (χ3v) is 6.52. The van der Waals surface area contributed by atoms with Gasteiger partial charge in [0.15, 0.2) is 0 Å². The predicted octanol–water partition coefficient (Wildman–Crippen LogP) is 1.80. The fourth-order valence-electron chi connectivity index (χ4n) is 4.00. The first-order valence-electron chi connectivity index (χ1n) is 8.42. The molecule has 124 valence electrons. The van der Waals surface area contributed by atoms with Gasteiger partial charge in [-0.25, -0.2) is 0 Å². The molecule has 3 heterocycles. The van der Waals surface area contributed by atoms with Crippen molar-refractivity contribution >= 4 is 28.8 Å². The molecule has 2 saturated heterocycles. The Morgan fingerprint density at radius 2 is 2.17 bits per heavy atom. The second-order valence-corrected chi connectivity index (χ2v) is 7.96. The highest BCUT2D eigenvalue weighted by molar-refractivity contribution is 7.08. The van der Waals surface area contributed by atoms with E-state index in [0.717, 1.165) is 38.0 Å². The van der Waals surface area contributed by atoms with Crippen molar-refractivity contribution in [3.8, 4) is 0 Å². The maximum Gasteiger partial charge on any atom is 0.241 e. The first kappa shape index (κ1) is 15.1. The van der Waals surface area contributed by atoms with Gasteiger partial charge in [0.05, 0.1) is 17.8 Å². The SMILES string of the molecule is CN1CC(=O)N(c2ccsc2)CC12CCN(C(=O)C1CCC1)C2. The van der Waals surface area contributed by atoms with Crippen LogP contribution in [0.25, 0.3) is 0 Å². The number of likely N-dealkylation sites (tertiary alicyclic amines) is 1. The smallest absolute Gasteiger partial charge is 0.241 e. The Morgan fingerprint density at radius 3 is 2.83 bits per heavy atom. The lowest BCUT2D eigenvalue weighted by Gasteiger charge is -2.46. The lowest BCUT2D eigenvalue weighted by Crippen LogP contribution is -2.64. The van der Waals surface area contributed by atoms with Crippen molar-refractivity contribution < 1.29 is 9.59 Å². The molecule has 1 aromatic heterocycles. The minimum atomic E-state index is -0.0880. The van der Waals surface area contributed by atoms with E-state index in [0.29, 0.717) is 19.0 Å². The third kappa shape index (κ3) is 2.48. The van der Waals surface area contributed by atoms with Gasteiger partial charge in [-0.2, -0.15) is 11.3 Å². The molecule has 1 saturated carbocycles. The quantitative estimate of drug-likeness (QED) is 0.829. The molecular weight excluding hydrogens is 310 g/mol. The first-order valence-corrected chi connectivity index (χ1v) is 9.36. The largest absolute Gasteiger partial charge is 0.340 e. The van der Waals surface area contributed by atoms with Crippen LogP contribution in [0.4, 0.5) is 5.69 Å². The Morgan fingerprint density at radius 1 is 1.35 bits per heavy atom. The van der Waals surface area contributed by atoms with Crippen LogP contribution in [0.2, 0.25) is 0 Å². The number of hydrogen-bond donors (Lipinski definition) is 0. The average Bonchev–Trinajstić information content (AvgIpc) is 3.12. The predicted molar refractivity (Wildman–Crippen MR) is 90.6 cm³/mol. The number of carbonyl (C=O) groups is 2. The molecule has 1 atom stereocenters. The molecule has 1 spiro atoms. The van der Waals surface area contributed by atoms with Gasteiger partial charge >= 0.3 is 0 Å². The molecule has 1 aliphatic carbocycles. The van der Waals surface area contributed by atoms with Gasteiger partial charge < -0.3 is 9.80 Å². The second-order valence-electron chi connectivity index (χ2n) is 7.18. The van der Waals surface area contributed by atoms with Crippen LogP contribution in [0.15, 0.2) is 16.8 Å². The van der Waals surface area contributed by atoms with E-state index in [2.05, 4.69) is 4.90 Å². The highest BCUT2D eigenvalue weighted by Crippen LogP contribution is 2.36. The van der Waals surface area contributed by atoms with Gasteiger partial charge in [0.2, 0.25) is 11.8 Å². The van der Waals surface area contributed by atoms with Crippen LogP contribution in [-0.2, 0) is 9.59 Å². The van der Waals surface area contributed by atoms with E-state index in [1.54, 1.807) is 11.3 Å². The van der Waals surface area contributed by atoms with Gasteiger partial charge in [-0.3, -0.25) is 14.5 Å². The summed E-state index contributed by atoms with van der Waals surface area (Å²) in [6.07, 6.45) is 4.25. The van der Waals surface area contributed by atoms with Crippen molar-refractivity contribution in [1.82, 2.24) is 9.80 Å². The lowest BCUT2D eigenvalue weighted by molar-refractivity contribution is -0.137. The topological polar surface area (TPSA) is 43.9 Å². The second kappa shape index (κ2) is 5.60. The molecule has 3 fully saturated rings. The summed E-state index contributed by atoms with van der Waals surface area (Å²) in [6.45, 7) is 2.70. The Balaban J connectivity index is 1.52. The molecule has 23 heavy (non-hydrogen) atoms. The molecule has 3 aliphatic rings. The molecule has 4 rings (SSSR count). The molecule has 1 aromatic rings. The molecular formula is C17H23N3O2S. The van der Waals surface area contributed by atoms with Crippen LogP contribution >= 0.6 is 11.3 Å². The van der Waals surface area contributed by atoms with Crippen LogP contribution < -0.4 is 4.90 Å². The van der Waals surface area contributed by atoms with E-state index in [1.807, 2.05) is 33.7 Å². The molecule has 0 aromatic carbocycles. The Kier molecular flexibility index (Phi) is 3.69. The molecule has 0 bridgehead atoms. The van der Waals surface area contributed by atoms with Gasteiger partial charge in [-0.1, -0.05) is 6.42 Å². The zero-order valence-corrected chi connectivity index (χ0v) is 14.3. The van der Waals surface area contributed by atoms with Crippen molar-refractivity contribution in [3.63, 3.8) is 0 Å². The fraction of sp³-hybridized carbons (Fsp3) is 0.647. The summed E-state index contributed by atoms with van der Waals surface area (Å²) >= 11 is 1.61. The highest BCUT2D eigenvalue weighted by atomic mass is 32.1. The van der Waals surface area contributed by atoms with Crippen LogP contribution in [-0.4, -0.2) is 60.4 Å². The summed E-state index contributed by atoms with van der Waals surface area (Å²) in [5, 5.41) is 4.04. The maximum absolute atomic E-state index is 12.6. The minimum Gasteiger partial charge on any atom is -0.340 e. The molecule has 6 heteroatoms. The maximum atomic E-state index is 12.6. The number of rotatable bonds is 2. The molecule has 0 N–H and O–H groups in total. The van der Waals surface area contributed by atoms with E-state index >= 15 is 0 Å². The minimum absolute atomic E-state index is 0.0880. The van der Waals surface area contributed by atoms with Gasteiger partial charge in [-0.05, 0) is 37.8 Å². The van der Waals surface area contributed by atoms with E-state index in [4.69, 9.17) is 0 Å². The summed E-state index contributed by atoms with van der Waals surface area (Å²) < 4.78 is 0. The Labute approximate surface area is 140 Å². The summed E-state index contributed by atoms with van der Waals surface area (Å²) in [7, 11) is 2.03. The summed E-state index contributed by atoms with van der Waals surface area (Å²) in [6, 6.07) is 2.01. The molecule has 2 amide bonds. The standard InChI is InChI=1S/C17H23N3O2S/c1-18-9-15(21)20(14-5-8-23-10-14)12-17(18)6-7-19(11-17)16(22)13-3-2-4-13/h5,8,10,13H,2-4,6-7,9,11-12H2,1H3. The Hall–Kier alpha value is -1.40. The monoisotopic (exact) mass is 333 g/mol. The van der Waals surface area contributed by atoms with E-state index in [-0.39, 0.29) is 17.4 Å². The van der Waals surface area contributed by atoms with E-state index in [9.17, 15) is 9.59 Å². The van der Waals surface area contributed by atoms with Crippen LogP contribution in [0.1, 0.15) is 25.7 Å². The zero-order chi connectivity index (χ0) is 16.0. The number of piperazine rings is 1. The third-order valence-electron chi connectivity index (χ3n) is 5.85. The van der Waals surface area contributed by atoms with Crippen molar-refractivity contribution in [2.75, 3.05) is 38.1 Å². The normalized spacial score (nSPS) is 29.3. The molecule has 2 aliphatic heterocycles. The van der Waals surface area contributed by atoms with E-state index < -0.39 is 0 Å². The van der Waals surface area contributed by atoms with Crippen molar-refractivity contribution in [2.24, 2.45) is 5.92 Å². The number of thiophene rings is 1. The van der Waals surface area contributed by atoms with Gasteiger partial charge in [0, 0.05) is 30.9 Å². The number of likely N-dealkylation sites (N-methyl/N-ethyl adjacent to an activating group) is 1. The number of carbonyl (C=O) groups excluding carboxylic acids is 2. The van der Waals surface area contributed by atoms with Gasteiger partial charge in [0.25, 0.3) is 0 Å². The number of anilines is 1. The summed E-state index contributed by atoms with van der Waals surface area (Å²) in [5.41, 5.74) is 0.908. The molecule has 1 unspecified atom stereocenters. The van der Waals surface area contributed by atoms with Gasteiger partial charge in [-0.15, -0.1) is 0 Å². The highest BCUT2D eigenvalue weighted by Gasteiger charge is 2.49. The first-order chi connectivity index (χ1) is 11.1. The lowest BCUT2D eigenvalue weighted by atomic mass is 9.84. The van der Waals surface area contributed by atoms with Crippen LogP contribution in [0.5, 0.6) is 0 Å². The number of hydrogen-bond acceptors (Lipinski definition) is 4. The average molecular weight is 333 g/mol. The number of nitrogens with zero attached hydrogens (tertiary/aromatic N) is 3. The van der Waals surface area contributed by atoms with Crippen LogP contribution in [0, 0.1) is 5.92 Å². The van der Waals surface area contributed by atoms with E-state index in [1.165, 1.54) is 6.42 Å². The Bertz CT molecular complexity index is 613. The van der Waals surface area contributed by atoms with Crippen molar-refractivity contribution in [3.05, 3.63) is 16.8 Å². The molecule has 5 nitrogen and oxygen atoms in total. The number of amides is 2. The zero-order valence-electron chi connectivity index (χ0n) is 13.5. The molecule has 0 radical (unpaired) electrons. The van der Waals surface area contributed by atoms with Crippen LogP contribution in [0.3, 0.4) is 0 Å². The summed E-state index contributed by atoms with van der Waals surface area (Å²) in [5.74, 6) is 0.745. The van der Waals surface area contributed by atoms with Crippen molar-refractivity contribution in [1.29, 1.82) is 0 Å².